The van der Waals surface area contributed by atoms with Crippen molar-refractivity contribution in [1.29, 1.82) is 0 Å². The lowest BCUT2D eigenvalue weighted by atomic mass is 10.2. The molecule has 0 aromatic heterocycles. The summed E-state index contributed by atoms with van der Waals surface area (Å²) in [5.74, 6) is -0.0897. The molecule has 0 aliphatic carbocycles. The maximum atomic E-state index is 13.9. The largest absolute Gasteiger partial charge is 0.497 e. The number of hydrogen-bond donors (Lipinski definition) is 1. The number of halogens is 2. The van der Waals surface area contributed by atoms with Crippen molar-refractivity contribution in [2.75, 3.05) is 50.6 Å². The Kier molecular flexibility index (Phi) is 5.63. The van der Waals surface area contributed by atoms with Crippen LogP contribution in [0, 0.1) is 11.6 Å². The second-order valence-electron chi connectivity index (χ2n) is 6.07. The number of piperazine rings is 1. The van der Waals surface area contributed by atoms with Crippen LogP contribution in [0.2, 0.25) is 0 Å². The molecule has 2 aromatic carbocycles. The van der Waals surface area contributed by atoms with E-state index in [1.165, 1.54) is 19.2 Å². The van der Waals surface area contributed by atoms with Crippen LogP contribution in [0.25, 0.3) is 0 Å². The fraction of sp³-hybridized carbons (Fsp3) is 0.316. The number of nitrogens with one attached hydrogen (secondary N) is 1. The van der Waals surface area contributed by atoms with Gasteiger partial charge in [-0.1, -0.05) is 0 Å². The van der Waals surface area contributed by atoms with Gasteiger partial charge in [0, 0.05) is 38.3 Å². The standard InChI is InChI=1S/C19H21F2N3O3/c1-26-14-4-5-16(18(12-14)27-2)22-19(25)24-9-7-23(8-10-24)17-6-3-13(20)11-15(17)21/h3-6,11-12H,7-10H2,1-2H3,(H,22,25). The summed E-state index contributed by atoms with van der Waals surface area (Å²) in [6.45, 7) is 1.74. The normalized spacial score (nSPS) is 14.1. The van der Waals surface area contributed by atoms with Gasteiger partial charge in [-0.3, -0.25) is 0 Å². The summed E-state index contributed by atoms with van der Waals surface area (Å²) in [4.78, 5) is 16.0. The van der Waals surface area contributed by atoms with Crippen LogP contribution in [0.15, 0.2) is 36.4 Å². The van der Waals surface area contributed by atoms with E-state index in [2.05, 4.69) is 5.32 Å². The van der Waals surface area contributed by atoms with Crippen LogP contribution in [0.4, 0.5) is 25.0 Å². The van der Waals surface area contributed by atoms with Gasteiger partial charge >= 0.3 is 6.03 Å². The minimum absolute atomic E-state index is 0.266. The number of carbonyl (C=O) groups is 1. The van der Waals surface area contributed by atoms with Gasteiger partial charge in [-0.2, -0.15) is 0 Å². The maximum Gasteiger partial charge on any atom is 0.322 e. The molecule has 2 amide bonds. The molecule has 1 saturated heterocycles. The van der Waals surface area contributed by atoms with Gasteiger partial charge < -0.3 is 24.6 Å². The Morgan fingerprint density at radius 1 is 1.00 bits per heavy atom. The molecule has 0 bridgehead atoms. The quantitative estimate of drug-likeness (QED) is 0.888. The van der Waals surface area contributed by atoms with Crippen LogP contribution in [0.1, 0.15) is 0 Å². The highest BCUT2D eigenvalue weighted by molar-refractivity contribution is 5.91. The summed E-state index contributed by atoms with van der Waals surface area (Å²) in [6, 6.07) is 8.37. The highest BCUT2D eigenvalue weighted by Gasteiger charge is 2.23. The van der Waals surface area contributed by atoms with Gasteiger partial charge in [0.2, 0.25) is 0 Å². The minimum atomic E-state index is -0.609. The summed E-state index contributed by atoms with van der Waals surface area (Å²) in [7, 11) is 3.07. The number of amides is 2. The van der Waals surface area contributed by atoms with Gasteiger partial charge in [0.15, 0.2) is 0 Å². The predicted molar refractivity (Wildman–Crippen MR) is 98.7 cm³/mol. The van der Waals surface area contributed by atoms with Crippen LogP contribution in [0.5, 0.6) is 11.5 Å². The van der Waals surface area contributed by atoms with Crippen LogP contribution in [-0.4, -0.2) is 51.3 Å². The molecular formula is C19H21F2N3O3. The Morgan fingerprint density at radius 3 is 2.37 bits per heavy atom. The summed E-state index contributed by atoms with van der Waals surface area (Å²) in [5.41, 5.74) is 0.878. The lowest BCUT2D eigenvalue weighted by molar-refractivity contribution is 0.208. The van der Waals surface area contributed by atoms with Gasteiger partial charge in [-0.15, -0.1) is 0 Å². The molecule has 0 unspecified atom stereocenters. The molecule has 1 N–H and O–H groups in total. The molecule has 0 spiro atoms. The van der Waals surface area contributed by atoms with E-state index < -0.39 is 11.6 Å². The molecule has 8 heteroatoms. The smallest absolute Gasteiger partial charge is 0.322 e. The van der Waals surface area contributed by atoms with Crippen LogP contribution >= 0.6 is 0 Å². The zero-order chi connectivity index (χ0) is 19.4. The Labute approximate surface area is 156 Å². The average molecular weight is 377 g/mol. The van der Waals surface area contributed by atoms with E-state index in [9.17, 15) is 13.6 Å². The van der Waals surface area contributed by atoms with E-state index >= 15 is 0 Å². The number of urea groups is 1. The van der Waals surface area contributed by atoms with Crippen molar-refractivity contribution in [3.05, 3.63) is 48.0 Å². The summed E-state index contributed by atoms with van der Waals surface area (Å²) >= 11 is 0. The van der Waals surface area contributed by atoms with Crippen LogP contribution in [0.3, 0.4) is 0 Å². The summed E-state index contributed by atoms with van der Waals surface area (Å²) < 4.78 is 37.4. The van der Waals surface area contributed by atoms with E-state index in [0.717, 1.165) is 6.07 Å². The van der Waals surface area contributed by atoms with Crippen LogP contribution in [-0.2, 0) is 0 Å². The Bertz CT molecular complexity index is 824. The molecule has 0 radical (unpaired) electrons. The fourth-order valence-electron chi connectivity index (χ4n) is 2.98. The summed E-state index contributed by atoms with van der Waals surface area (Å²) in [5, 5.41) is 2.82. The first-order valence-corrected chi connectivity index (χ1v) is 8.50. The Balaban J connectivity index is 1.62. The molecule has 1 fully saturated rings. The zero-order valence-corrected chi connectivity index (χ0v) is 15.2. The number of nitrogens with zero attached hydrogens (tertiary/aromatic N) is 2. The first-order valence-electron chi connectivity index (χ1n) is 8.50. The third-order valence-corrected chi connectivity index (χ3v) is 4.47. The first kappa shape index (κ1) is 18.8. The molecule has 1 aliphatic rings. The maximum absolute atomic E-state index is 13.9. The van der Waals surface area contributed by atoms with Gasteiger partial charge in [0.25, 0.3) is 0 Å². The predicted octanol–water partition coefficient (Wildman–Crippen LogP) is 3.34. The van der Waals surface area contributed by atoms with Crippen molar-refractivity contribution in [2.45, 2.75) is 0 Å². The molecule has 2 aromatic rings. The van der Waals surface area contributed by atoms with Crippen molar-refractivity contribution >= 4 is 17.4 Å². The number of hydrogen-bond acceptors (Lipinski definition) is 4. The lowest BCUT2D eigenvalue weighted by Crippen LogP contribution is -2.50. The van der Waals surface area contributed by atoms with E-state index in [1.54, 1.807) is 35.1 Å². The molecular weight excluding hydrogens is 356 g/mol. The number of benzene rings is 2. The molecule has 27 heavy (non-hydrogen) atoms. The molecule has 1 aliphatic heterocycles. The van der Waals surface area contributed by atoms with Gasteiger partial charge in [-0.05, 0) is 24.3 Å². The monoisotopic (exact) mass is 377 g/mol. The topological polar surface area (TPSA) is 54.0 Å². The third kappa shape index (κ3) is 4.21. The number of methoxy groups -OCH3 is 2. The van der Waals surface area contributed by atoms with Crippen molar-refractivity contribution in [3.8, 4) is 11.5 Å². The highest BCUT2D eigenvalue weighted by Crippen LogP contribution is 2.29. The van der Waals surface area contributed by atoms with Gasteiger partial charge in [-0.25, -0.2) is 13.6 Å². The minimum Gasteiger partial charge on any atom is -0.497 e. The Hall–Kier alpha value is -3.03. The van der Waals surface area contributed by atoms with E-state index in [-0.39, 0.29) is 6.03 Å². The number of carbonyl (C=O) groups excluding carboxylic acids is 1. The van der Waals surface area contributed by atoms with Crippen molar-refractivity contribution < 1.29 is 23.0 Å². The van der Waals surface area contributed by atoms with Gasteiger partial charge in [0.05, 0.1) is 25.6 Å². The fourth-order valence-corrected chi connectivity index (χ4v) is 2.98. The number of ether oxygens (including phenoxy) is 2. The molecule has 1 heterocycles. The molecule has 0 saturated carbocycles. The zero-order valence-electron chi connectivity index (χ0n) is 15.2. The highest BCUT2D eigenvalue weighted by atomic mass is 19.1. The average Bonchev–Trinajstić information content (AvgIpc) is 2.68. The Morgan fingerprint density at radius 2 is 1.74 bits per heavy atom. The molecule has 6 nitrogen and oxygen atoms in total. The molecule has 3 rings (SSSR count). The molecule has 0 atom stereocenters. The van der Waals surface area contributed by atoms with Crippen molar-refractivity contribution in [2.24, 2.45) is 0 Å². The SMILES string of the molecule is COc1ccc(NC(=O)N2CCN(c3ccc(F)cc3F)CC2)c(OC)c1. The third-order valence-electron chi connectivity index (χ3n) is 4.47. The van der Waals surface area contributed by atoms with E-state index in [4.69, 9.17) is 9.47 Å². The second kappa shape index (κ2) is 8.11. The number of anilines is 2. The van der Waals surface area contributed by atoms with Crippen molar-refractivity contribution in [1.82, 2.24) is 4.90 Å². The lowest BCUT2D eigenvalue weighted by Gasteiger charge is -2.36. The van der Waals surface area contributed by atoms with Crippen LogP contribution < -0.4 is 19.7 Å². The molecule has 144 valence electrons. The number of rotatable bonds is 4. The van der Waals surface area contributed by atoms with Crippen molar-refractivity contribution in [3.63, 3.8) is 0 Å². The summed E-state index contributed by atoms with van der Waals surface area (Å²) in [6.07, 6.45) is 0. The van der Waals surface area contributed by atoms with E-state index in [1.807, 2.05) is 0 Å². The first-order chi connectivity index (χ1) is 13.0. The second-order valence-corrected chi connectivity index (χ2v) is 6.07. The van der Waals surface area contributed by atoms with Gasteiger partial charge in [0.1, 0.15) is 23.1 Å². The van der Waals surface area contributed by atoms with E-state index in [0.29, 0.717) is 49.1 Å².